The van der Waals surface area contributed by atoms with Crippen LogP contribution < -0.4 is 21.3 Å². The monoisotopic (exact) mass is 332 g/mol. The first kappa shape index (κ1) is 18.3. The van der Waals surface area contributed by atoms with Crippen molar-refractivity contribution in [3.05, 3.63) is 29.8 Å². The van der Waals surface area contributed by atoms with Gasteiger partial charge in [0.05, 0.1) is 0 Å². The normalized spacial score (nSPS) is 16.5. The van der Waals surface area contributed by atoms with Crippen LogP contribution >= 0.6 is 0 Å². The van der Waals surface area contributed by atoms with Crippen LogP contribution in [0.3, 0.4) is 0 Å². The summed E-state index contributed by atoms with van der Waals surface area (Å²) in [6, 6.07) is 6.77. The fourth-order valence-electron chi connectivity index (χ4n) is 2.77. The van der Waals surface area contributed by atoms with Gasteiger partial charge in [0.25, 0.3) is 5.91 Å². The molecule has 1 aliphatic rings. The molecule has 6 nitrogen and oxygen atoms in total. The molecule has 1 aromatic rings. The molecular weight excluding hydrogens is 304 g/mol. The molecule has 0 atom stereocenters. The summed E-state index contributed by atoms with van der Waals surface area (Å²) >= 11 is 0. The third-order valence-corrected chi connectivity index (χ3v) is 4.29. The molecule has 0 saturated carbocycles. The quantitative estimate of drug-likeness (QED) is 0.668. The smallest absolute Gasteiger partial charge is 0.319 e. The van der Waals surface area contributed by atoms with Crippen LogP contribution in [0, 0.1) is 5.41 Å². The predicted molar refractivity (Wildman–Crippen MR) is 96.3 cm³/mol. The SMILES string of the molecule is CC(C)NC(=O)Nc1cccc(C(=O)NCC2(C)CCNCC2)c1. The van der Waals surface area contributed by atoms with Gasteiger partial charge in [0.1, 0.15) is 0 Å². The summed E-state index contributed by atoms with van der Waals surface area (Å²) in [5.41, 5.74) is 1.30. The third kappa shape index (κ3) is 5.53. The van der Waals surface area contributed by atoms with Gasteiger partial charge in [0.15, 0.2) is 0 Å². The number of amides is 3. The fourth-order valence-corrected chi connectivity index (χ4v) is 2.77. The van der Waals surface area contributed by atoms with Crippen molar-refractivity contribution in [2.75, 3.05) is 25.0 Å². The maximum Gasteiger partial charge on any atom is 0.319 e. The Hall–Kier alpha value is -2.08. The Balaban J connectivity index is 1.92. The molecule has 0 aromatic heterocycles. The number of nitrogens with one attached hydrogen (secondary N) is 4. The molecule has 0 unspecified atom stereocenters. The van der Waals surface area contributed by atoms with Crippen molar-refractivity contribution in [1.29, 1.82) is 0 Å². The van der Waals surface area contributed by atoms with Crippen LogP contribution in [0.25, 0.3) is 0 Å². The zero-order valence-electron chi connectivity index (χ0n) is 14.7. The summed E-state index contributed by atoms with van der Waals surface area (Å²) in [5, 5.41) is 11.9. The summed E-state index contributed by atoms with van der Waals surface area (Å²) in [6.45, 7) is 8.66. The molecule has 1 heterocycles. The van der Waals surface area contributed by atoms with Crippen molar-refractivity contribution in [2.24, 2.45) is 5.41 Å². The minimum Gasteiger partial charge on any atom is -0.351 e. The largest absolute Gasteiger partial charge is 0.351 e. The summed E-state index contributed by atoms with van der Waals surface area (Å²) in [6.07, 6.45) is 2.12. The number of anilines is 1. The Morgan fingerprint density at radius 1 is 1.25 bits per heavy atom. The van der Waals surface area contributed by atoms with Crippen LogP contribution in [0.1, 0.15) is 44.0 Å². The molecule has 0 aliphatic carbocycles. The molecule has 24 heavy (non-hydrogen) atoms. The van der Waals surface area contributed by atoms with Crippen LogP contribution in [0.4, 0.5) is 10.5 Å². The first-order chi connectivity index (χ1) is 11.4. The average molecular weight is 332 g/mol. The van der Waals surface area contributed by atoms with Gasteiger partial charge in [0, 0.05) is 23.8 Å². The van der Waals surface area contributed by atoms with Crippen molar-refractivity contribution >= 4 is 17.6 Å². The minimum atomic E-state index is -0.273. The molecule has 4 N–H and O–H groups in total. The lowest BCUT2D eigenvalue weighted by atomic mass is 9.81. The Morgan fingerprint density at radius 3 is 2.62 bits per heavy atom. The second-order valence-electron chi connectivity index (χ2n) is 7.08. The minimum absolute atomic E-state index is 0.0576. The van der Waals surface area contributed by atoms with Crippen LogP contribution in [-0.4, -0.2) is 37.6 Å². The molecule has 0 spiro atoms. The molecule has 1 aliphatic heterocycles. The number of piperidine rings is 1. The zero-order chi connectivity index (χ0) is 17.6. The molecule has 132 valence electrons. The highest BCUT2D eigenvalue weighted by atomic mass is 16.2. The first-order valence-electron chi connectivity index (χ1n) is 8.54. The van der Waals surface area contributed by atoms with Gasteiger partial charge in [-0.1, -0.05) is 13.0 Å². The Bertz CT molecular complexity index is 580. The van der Waals surface area contributed by atoms with E-state index in [0.29, 0.717) is 17.8 Å². The molecular formula is C18H28N4O2. The van der Waals surface area contributed by atoms with Gasteiger partial charge in [-0.15, -0.1) is 0 Å². The fraction of sp³-hybridized carbons (Fsp3) is 0.556. The summed E-state index contributed by atoms with van der Waals surface area (Å²) < 4.78 is 0. The highest BCUT2D eigenvalue weighted by Gasteiger charge is 2.27. The maximum atomic E-state index is 12.4. The predicted octanol–water partition coefficient (Wildman–Crippen LogP) is 2.34. The van der Waals surface area contributed by atoms with Crippen LogP contribution in [-0.2, 0) is 0 Å². The number of carbonyl (C=O) groups is 2. The molecule has 1 fully saturated rings. The second-order valence-corrected chi connectivity index (χ2v) is 7.08. The number of benzene rings is 1. The number of hydrogen-bond acceptors (Lipinski definition) is 3. The molecule has 2 rings (SSSR count). The van der Waals surface area contributed by atoms with Crippen LogP contribution in [0.2, 0.25) is 0 Å². The average Bonchev–Trinajstić information content (AvgIpc) is 2.53. The van der Waals surface area contributed by atoms with Gasteiger partial charge in [-0.3, -0.25) is 4.79 Å². The van der Waals surface area contributed by atoms with E-state index in [1.54, 1.807) is 24.3 Å². The van der Waals surface area contributed by atoms with E-state index in [9.17, 15) is 9.59 Å². The van der Waals surface area contributed by atoms with Gasteiger partial charge < -0.3 is 21.3 Å². The van der Waals surface area contributed by atoms with Crippen molar-refractivity contribution in [3.8, 4) is 0 Å². The Kier molecular flexibility index (Phi) is 6.20. The topological polar surface area (TPSA) is 82.3 Å². The van der Waals surface area contributed by atoms with E-state index >= 15 is 0 Å². The van der Waals surface area contributed by atoms with E-state index in [-0.39, 0.29) is 23.4 Å². The maximum absolute atomic E-state index is 12.4. The van der Waals surface area contributed by atoms with Crippen molar-refractivity contribution in [3.63, 3.8) is 0 Å². The van der Waals surface area contributed by atoms with Gasteiger partial charge in [-0.05, 0) is 63.4 Å². The van der Waals surface area contributed by atoms with Gasteiger partial charge >= 0.3 is 6.03 Å². The van der Waals surface area contributed by atoms with Crippen molar-refractivity contribution in [2.45, 2.75) is 39.7 Å². The number of carbonyl (C=O) groups excluding carboxylic acids is 2. The second kappa shape index (κ2) is 8.15. The van der Waals surface area contributed by atoms with Gasteiger partial charge in [-0.2, -0.15) is 0 Å². The molecule has 1 saturated heterocycles. The number of urea groups is 1. The van der Waals surface area contributed by atoms with E-state index in [2.05, 4.69) is 28.2 Å². The lowest BCUT2D eigenvalue weighted by molar-refractivity contribution is 0.0922. The van der Waals surface area contributed by atoms with E-state index in [4.69, 9.17) is 0 Å². The molecule has 0 bridgehead atoms. The summed E-state index contributed by atoms with van der Waals surface area (Å²) in [7, 11) is 0. The molecule has 6 heteroatoms. The molecule has 1 aromatic carbocycles. The Labute approximate surface area is 143 Å². The lowest BCUT2D eigenvalue weighted by Crippen LogP contribution is -2.42. The third-order valence-electron chi connectivity index (χ3n) is 4.29. The number of hydrogen-bond donors (Lipinski definition) is 4. The molecule has 0 radical (unpaired) electrons. The zero-order valence-corrected chi connectivity index (χ0v) is 14.7. The summed E-state index contributed by atoms with van der Waals surface area (Å²) in [5.74, 6) is -0.109. The highest BCUT2D eigenvalue weighted by Crippen LogP contribution is 2.26. The van der Waals surface area contributed by atoms with E-state index in [1.165, 1.54) is 0 Å². The molecule has 3 amide bonds. The first-order valence-corrected chi connectivity index (χ1v) is 8.54. The summed E-state index contributed by atoms with van der Waals surface area (Å²) in [4.78, 5) is 24.1. The van der Waals surface area contributed by atoms with Gasteiger partial charge in [0.2, 0.25) is 0 Å². The van der Waals surface area contributed by atoms with E-state index < -0.39 is 0 Å². The van der Waals surface area contributed by atoms with Crippen molar-refractivity contribution < 1.29 is 9.59 Å². The van der Waals surface area contributed by atoms with Crippen molar-refractivity contribution in [1.82, 2.24) is 16.0 Å². The Morgan fingerprint density at radius 2 is 1.96 bits per heavy atom. The lowest BCUT2D eigenvalue weighted by Gasteiger charge is -2.34. The standard InChI is InChI=1S/C18H28N4O2/c1-13(2)21-17(24)22-15-6-4-5-14(11-15)16(23)20-12-18(3)7-9-19-10-8-18/h4-6,11,13,19H,7-10,12H2,1-3H3,(H,20,23)(H2,21,22,24). The van der Waals surface area contributed by atoms with Crippen LogP contribution in [0.15, 0.2) is 24.3 Å². The van der Waals surface area contributed by atoms with Crippen LogP contribution in [0.5, 0.6) is 0 Å². The number of rotatable bonds is 5. The van der Waals surface area contributed by atoms with Gasteiger partial charge in [-0.25, -0.2) is 4.79 Å². The highest BCUT2D eigenvalue weighted by molar-refractivity contribution is 5.96. The van der Waals surface area contributed by atoms with E-state index in [0.717, 1.165) is 25.9 Å². The van der Waals surface area contributed by atoms with E-state index in [1.807, 2.05) is 13.8 Å².